The minimum Gasteiger partial charge on any atom is -0.350 e. The van der Waals surface area contributed by atoms with Gasteiger partial charge in [-0.05, 0) is 37.0 Å². The van der Waals surface area contributed by atoms with Gasteiger partial charge in [-0.15, -0.1) is 0 Å². The third kappa shape index (κ3) is 5.89. The molecule has 0 radical (unpaired) electrons. The van der Waals surface area contributed by atoms with Crippen molar-refractivity contribution in [2.24, 2.45) is 0 Å². The Balaban J connectivity index is 1.40. The van der Waals surface area contributed by atoms with Crippen molar-refractivity contribution >= 4 is 11.8 Å². The maximum absolute atomic E-state index is 13.6. The van der Waals surface area contributed by atoms with E-state index in [2.05, 4.69) is 22.8 Å². The number of piperidine rings is 1. The molecule has 2 aromatic carbocycles. The molecule has 0 saturated carbocycles. The Morgan fingerprint density at radius 1 is 0.893 bits per heavy atom. The van der Waals surface area contributed by atoms with Crippen LogP contribution in [0.1, 0.15) is 40.7 Å². The van der Waals surface area contributed by atoms with E-state index in [1.807, 2.05) is 12.1 Å². The fraction of sp³-hybridized carbons (Fsp3) is 0.364. The maximum atomic E-state index is 13.6. The summed E-state index contributed by atoms with van der Waals surface area (Å²) in [5.41, 5.74) is 2.25. The normalized spacial score (nSPS) is 14.5. The number of carbonyl (C=O) groups excluding carboxylic acids is 2. The van der Waals surface area contributed by atoms with Crippen LogP contribution in [0.2, 0.25) is 0 Å². The quantitative estimate of drug-likeness (QED) is 0.677. The fourth-order valence-corrected chi connectivity index (χ4v) is 3.46. The summed E-state index contributed by atoms with van der Waals surface area (Å²) in [5.74, 6) is -1.52. The molecular weight excluding hydrogens is 357 g/mol. The molecule has 0 unspecified atom stereocenters. The number of benzene rings is 2. The van der Waals surface area contributed by atoms with E-state index in [9.17, 15) is 14.0 Å². The minimum absolute atomic E-state index is 0.0678. The Hall–Kier alpha value is -2.73. The Bertz CT molecular complexity index is 802. The first-order valence-corrected chi connectivity index (χ1v) is 9.82. The summed E-state index contributed by atoms with van der Waals surface area (Å²) >= 11 is 0. The van der Waals surface area contributed by atoms with Crippen molar-refractivity contribution in [2.45, 2.75) is 32.4 Å². The highest BCUT2D eigenvalue weighted by Crippen LogP contribution is 2.06. The number of hydrogen-bond acceptors (Lipinski definition) is 2. The van der Waals surface area contributed by atoms with Crippen LogP contribution in [0.5, 0.6) is 0 Å². The third-order valence-electron chi connectivity index (χ3n) is 5.06. The summed E-state index contributed by atoms with van der Waals surface area (Å²) in [6.45, 7) is 3.75. The van der Waals surface area contributed by atoms with Gasteiger partial charge in [0.25, 0.3) is 5.91 Å². The van der Waals surface area contributed by atoms with Crippen LogP contribution in [0.25, 0.3) is 0 Å². The lowest BCUT2D eigenvalue weighted by molar-refractivity contribution is -0.918. The van der Waals surface area contributed by atoms with Gasteiger partial charge in [0.05, 0.1) is 25.2 Å². The SMILES string of the molecule is O=C(CNC(=O)c1ccccc1F)NCc1ccc(C[NH+]2CCCCC2)cc1. The first-order valence-electron chi connectivity index (χ1n) is 9.82. The van der Waals surface area contributed by atoms with Gasteiger partial charge in [0.2, 0.25) is 5.91 Å². The largest absolute Gasteiger partial charge is 0.350 e. The molecule has 28 heavy (non-hydrogen) atoms. The fourth-order valence-electron chi connectivity index (χ4n) is 3.46. The third-order valence-corrected chi connectivity index (χ3v) is 5.06. The second kappa shape index (κ2) is 9.99. The molecule has 2 amide bonds. The number of carbonyl (C=O) groups is 2. The molecular formula is C22H27FN3O2+. The Morgan fingerprint density at radius 3 is 2.29 bits per heavy atom. The molecule has 3 N–H and O–H groups in total. The Morgan fingerprint density at radius 2 is 1.57 bits per heavy atom. The standard InChI is InChI=1S/C22H26FN3O2/c23-20-7-3-2-6-19(20)22(28)25-15-21(27)24-14-17-8-10-18(11-9-17)16-26-12-4-1-5-13-26/h2-3,6-11H,1,4-5,12-16H2,(H,24,27)(H,25,28)/p+1. The van der Waals surface area contributed by atoms with Crippen molar-refractivity contribution in [3.8, 4) is 0 Å². The van der Waals surface area contributed by atoms with Crippen molar-refractivity contribution in [3.05, 3.63) is 71.0 Å². The van der Waals surface area contributed by atoms with Gasteiger partial charge in [-0.3, -0.25) is 9.59 Å². The molecule has 0 aliphatic carbocycles. The van der Waals surface area contributed by atoms with E-state index in [-0.39, 0.29) is 18.0 Å². The summed E-state index contributed by atoms with van der Waals surface area (Å²) in [5, 5.41) is 5.21. The van der Waals surface area contributed by atoms with Gasteiger partial charge >= 0.3 is 0 Å². The lowest BCUT2D eigenvalue weighted by Gasteiger charge is -2.23. The van der Waals surface area contributed by atoms with Crippen LogP contribution >= 0.6 is 0 Å². The molecule has 0 bridgehead atoms. The molecule has 6 heteroatoms. The van der Waals surface area contributed by atoms with Crippen LogP contribution in [0.4, 0.5) is 4.39 Å². The highest BCUT2D eigenvalue weighted by molar-refractivity contribution is 5.96. The molecule has 5 nitrogen and oxygen atoms in total. The highest BCUT2D eigenvalue weighted by atomic mass is 19.1. The second-order valence-corrected chi connectivity index (χ2v) is 7.24. The smallest absolute Gasteiger partial charge is 0.254 e. The van der Waals surface area contributed by atoms with Crippen LogP contribution < -0.4 is 15.5 Å². The van der Waals surface area contributed by atoms with Crippen LogP contribution in [0.3, 0.4) is 0 Å². The molecule has 3 rings (SSSR count). The predicted octanol–water partition coefficient (Wildman–Crippen LogP) is 1.44. The average molecular weight is 384 g/mol. The second-order valence-electron chi connectivity index (χ2n) is 7.24. The zero-order valence-corrected chi connectivity index (χ0v) is 16.0. The summed E-state index contributed by atoms with van der Waals surface area (Å²) in [6, 6.07) is 14.0. The number of hydrogen-bond donors (Lipinski definition) is 3. The lowest BCUT2D eigenvalue weighted by Crippen LogP contribution is -3.11. The molecule has 1 saturated heterocycles. The first kappa shape index (κ1) is 20.0. The maximum Gasteiger partial charge on any atom is 0.254 e. The zero-order chi connectivity index (χ0) is 19.8. The summed E-state index contributed by atoms with van der Waals surface area (Å²) < 4.78 is 13.6. The van der Waals surface area contributed by atoms with E-state index in [0.717, 1.165) is 12.1 Å². The molecule has 1 heterocycles. The van der Waals surface area contributed by atoms with E-state index in [1.165, 1.54) is 56.1 Å². The molecule has 1 aliphatic rings. The monoisotopic (exact) mass is 384 g/mol. The molecule has 2 aromatic rings. The van der Waals surface area contributed by atoms with E-state index < -0.39 is 11.7 Å². The van der Waals surface area contributed by atoms with Gasteiger partial charge in [0, 0.05) is 12.1 Å². The summed E-state index contributed by atoms with van der Waals surface area (Å²) in [7, 11) is 0. The Kier molecular flexibility index (Phi) is 7.14. The van der Waals surface area contributed by atoms with Crippen molar-refractivity contribution in [1.29, 1.82) is 0 Å². The van der Waals surface area contributed by atoms with Crippen molar-refractivity contribution in [2.75, 3.05) is 19.6 Å². The van der Waals surface area contributed by atoms with E-state index in [0.29, 0.717) is 6.54 Å². The minimum atomic E-state index is -0.605. The van der Waals surface area contributed by atoms with Gasteiger partial charge in [0.15, 0.2) is 0 Å². The van der Waals surface area contributed by atoms with E-state index in [4.69, 9.17) is 0 Å². The molecule has 0 spiro atoms. The zero-order valence-electron chi connectivity index (χ0n) is 16.0. The van der Waals surface area contributed by atoms with Crippen LogP contribution in [0.15, 0.2) is 48.5 Å². The number of amides is 2. The molecule has 0 aromatic heterocycles. The number of quaternary nitrogens is 1. The molecule has 148 valence electrons. The number of likely N-dealkylation sites (tertiary alicyclic amines) is 1. The van der Waals surface area contributed by atoms with Crippen molar-refractivity contribution in [3.63, 3.8) is 0 Å². The summed E-state index contributed by atoms with van der Waals surface area (Å²) in [6.07, 6.45) is 3.97. The van der Waals surface area contributed by atoms with E-state index >= 15 is 0 Å². The number of halogens is 1. The van der Waals surface area contributed by atoms with Crippen LogP contribution in [0, 0.1) is 5.82 Å². The van der Waals surface area contributed by atoms with Crippen molar-refractivity contribution in [1.82, 2.24) is 10.6 Å². The Labute approximate surface area is 164 Å². The van der Waals surface area contributed by atoms with Gasteiger partial charge in [0.1, 0.15) is 12.4 Å². The molecule has 1 aliphatic heterocycles. The van der Waals surface area contributed by atoms with Crippen molar-refractivity contribution < 1.29 is 18.9 Å². The number of rotatable bonds is 7. The highest BCUT2D eigenvalue weighted by Gasteiger charge is 2.14. The molecule has 1 fully saturated rings. The molecule has 0 atom stereocenters. The predicted molar refractivity (Wildman–Crippen MR) is 105 cm³/mol. The first-order chi connectivity index (χ1) is 13.6. The summed E-state index contributed by atoms with van der Waals surface area (Å²) in [4.78, 5) is 25.5. The van der Waals surface area contributed by atoms with Gasteiger partial charge in [-0.1, -0.05) is 36.4 Å². The average Bonchev–Trinajstić information content (AvgIpc) is 2.72. The van der Waals surface area contributed by atoms with Gasteiger partial charge in [-0.2, -0.15) is 0 Å². The van der Waals surface area contributed by atoms with E-state index in [1.54, 1.807) is 11.0 Å². The lowest BCUT2D eigenvalue weighted by atomic mass is 10.1. The number of nitrogens with one attached hydrogen (secondary N) is 3. The topological polar surface area (TPSA) is 62.6 Å². The van der Waals surface area contributed by atoms with Gasteiger partial charge < -0.3 is 15.5 Å². The van der Waals surface area contributed by atoms with Gasteiger partial charge in [-0.25, -0.2) is 4.39 Å². The van der Waals surface area contributed by atoms with Crippen LogP contribution in [-0.4, -0.2) is 31.4 Å². The van der Waals surface area contributed by atoms with Crippen LogP contribution in [-0.2, 0) is 17.9 Å².